The first-order chi connectivity index (χ1) is 8.01. The predicted molar refractivity (Wildman–Crippen MR) is 69.7 cm³/mol. The molecular weight excluding hydrogens is 304 g/mol. The second-order valence-corrected chi connectivity index (χ2v) is 7.57. The molecule has 1 aromatic carbocycles. The van der Waals surface area contributed by atoms with Gasteiger partial charge in [0.1, 0.15) is 6.29 Å². The van der Waals surface area contributed by atoms with E-state index in [2.05, 4.69) is 15.9 Å². The lowest BCUT2D eigenvalue weighted by molar-refractivity contribution is -0.108. The molecule has 0 saturated heterocycles. The van der Waals surface area contributed by atoms with E-state index in [4.69, 9.17) is 0 Å². The van der Waals surface area contributed by atoms with E-state index in [0.29, 0.717) is 0 Å². The molecule has 0 N–H and O–H groups in total. The molecule has 0 aliphatic heterocycles. The van der Waals surface area contributed by atoms with Crippen molar-refractivity contribution in [2.45, 2.75) is 18.1 Å². The first kappa shape index (κ1) is 12.8. The topological polar surface area (TPSA) is 51.2 Å². The van der Waals surface area contributed by atoms with Crippen LogP contribution in [0.1, 0.15) is 18.4 Å². The number of carbonyl (C=O) groups is 1. The Kier molecular flexibility index (Phi) is 3.41. The molecule has 1 aliphatic rings. The van der Waals surface area contributed by atoms with Gasteiger partial charge in [-0.05, 0) is 17.7 Å². The van der Waals surface area contributed by atoms with Crippen LogP contribution in [0.25, 0.3) is 0 Å². The highest BCUT2D eigenvalue weighted by molar-refractivity contribution is 9.10. The Bertz CT molecular complexity index is 521. The Balaban J connectivity index is 2.29. The van der Waals surface area contributed by atoms with Gasteiger partial charge in [0.05, 0.1) is 5.25 Å². The molecule has 0 unspecified atom stereocenters. The maximum absolute atomic E-state index is 11.8. The predicted octanol–water partition coefficient (Wildman–Crippen LogP) is 2.16. The van der Waals surface area contributed by atoms with E-state index in [1.54, 1.807) is 6.92 Å². The molecule has 0 aromatic heterocycles. The number of benzene rings is 1. The summed E-state index contributed by atoms with van der Waals surface area (Å²) in [5, 5.41) is -0.522. The SMILES string of the molecule is CCS(=O)(=O)[C@H]1[C@@H](C=O)[C@@H]1c1ccc(Br)cc1. The molecule has 17 heavy (non-hydrogen) atoms. The van der Waals surface area contributed by atoms with E-state index in [9.17, 15) is 13.2 Å². The van der Waals surface area contributed by atoms with Crippen molar-refractivity contribution in [2.75, 3.05) is 5.75 Å². The zero-order valence-electron chi connectivity index (χ0n) is 9.34. The van der Waals surface area contributed by atoms with E-state index >= 15 is 0 Å². The molecule has 0 radical (unpaired) electrons. The molecule has 1 fully saturated rings. The fourth-order valence-corrected chi connectivity index (χ4v) is 4.28. The van der Waals surface area contributed by atoms with E-state index in [1.165, 1.54) is 0 Å². The molecule has 3 nitrogen and oxygen atoms in total. The number of hydrogen-bond acceptors (Lipinski definition) is 3. The minimum Gasteiger partial charge on any atom is -0.303 e. The Labute approximate surface area is 109 Å². The van der Waals surface area contributed by atoms with Crippen molar-refractivity contribution in [2.24, 2.45) is 5.92 Å². The van der Waals surface area contributed by atoms with Crippen molar-refractivity contribution >= 4 is 32.1 Å². The third-order valence-corrected chi connectivity index (χ3v) is 6.01. The maximum Gasteiger partial charge on any atom is 0.154 e. The standard InChI is InChI=1S/C12H13BrO3S/c1-2-17(15,16)12-10(7-14)11(12)8-3-5-9(13)6-4-8/h3-7,10-12H,2H2,1H3/t10-,11-,12-/m0/s1. The van der Waals surface area contributed by atoms with Crippen LogP contribution in [0.3, 0.4) is 0 Å². The van der Waals surface area contributed by atoms with Crippen molar-refractivity contribution in [3.8, 4) is 0 Å². The fraction of sp³-hybridized carbons (Fsp3) is 0.417. The summed E-state index contributed by atoms with van der Waals surface area (Å²) < 4.78 is 24.6. The van der Waals surface area contributed by atoms with Gasteiger partial charge < -0.3 is 4.79 Å². The summed E-state index contributed by atoms with van der Waals surface area (Å²) in [6.07, 6.45) is 0.768. The van der Waals surface area contributed by atoms with Crippen LogP contribution in [0.15, 0.2) is 28.7 Å². The highest BCUT2D eigenvalue weighted by Gasteiger charge is 2.57. The van der Waals surface area contributed by atoms with Gasteiger partial charge in [-0.3, -0.25) is 0 Å². The van der Waals surface area contributed by atoms with Crippen LogP contribution in [0.5, 0.6) is 0 Å². The van der Waals surface area contributed by atoms with Crippen LogP contribution in [0.4, 0.5) is 0 Å². The third kappa shape index (κ3) is 2.31. The molecule has 0 amide bonds. The van der Waals surface area contributed by atoms with Gasteiger partial charge in [0, 0.05) is 22.1 Å². The lowest BCUT2D eigenvalue weighted by Gasteiger charge is -2.00. The van der Waals surface area contributed by atoms with Gasteiger partial charge in [0.15, 0.2) is 9.84 Å². The zero-order chi connectivity index (χ0) is 12.6. The van der Waals surface area contributed by atoms with Crippen LogP contribution in [-0.4, -0.2) is 25.7 Å². The monoisotopic (exact) mass is 316 g/mol. The van der Waals surface area contributed by atoms with Crippen molar-refractivity contribution < 1.29 is 13.2 Å². The summed E-state index contributed by atoms with van der Waals surface area (Å²) in [6.45, 7) is 1.62. The van der Waals surface area contributed by atoms with Crippen LogP contribution < -0.4 is 0 Å². The molecule has 1 aromatic rings. The third-order valence-electron chi connectivity index (χ3n) is 3.24. The Morgan fingerprint density at radius 2 is 1.88 bits per heavy atom. The number of aldehydes is 1. The van der Waals surface area contributed by atoms with Crippen molar-refractivity contribution in [1.29, 1.82) is 0 Å². The van der Waals surface area contributed by atoms with Crippen molar-refractivity contribution in [3.05, 3.63) is 34.3 Å². The molecule has 92 valence electrons. The molecule has 2 rings (SSSR count). The summed E-state index contributed by atoms with van der Waals surface area (Å²) in [5.74, 6) is -0.443. The van der Waals surface area contributed by atoms with E-state index in [-0.39, 0.29) is 17.6 Å². The van der Waals surface area contributed by atoms with E-state index in [0.717, 1.165) is 16.3 Å². The molecule has 1 saturated carbocycles. The van der Waals surface area contributed by atoms with Crippen LogP contribution in [-0.2, 0) is 14.6 Å². The number of rotatable bonds is 4. The number of halogens is 1. The van der Waals surface area contributed by atoms with Crippen LogP contribution in [0, 0.1) is 5.92 Å². The average Bonchev–Trinajstić information content (AvgIpc) is 3.05. The molecule has 1 aliphatic carbocycles. The molecule has 5 heteroatoms. The highest BCUT2D eigenvalue weighted by atomic mass is 79.9. The summed E-state index contributed by atoms with van der Waals surface area (Å²) in [7, 11) is -3.14. The Morgan fingerprint density at radius 3 is 2.35 bits per heavy atom. The number of sulfone groups is 1. The van der Waals surface area contributed by atoms with Crippen molar-refractivity contribution in [3.63, 3.8) is 0 Å². The van der Waals surface area contributed by atoms with Gasteiger partial charge in [-0.1, -0.05) is 35.0 Å². The van der Waals surface area contributed by atoms with E-state index < -0.39 is 15.1 Å². The molecule has 0 heterocycles. The van der Waals surface area contributed by atoms with Gasteiger partial charge in [0.2, 0.25) is 0 Å². The smallest absolute Gasteiger partial charge is 0.154 e. The molecule has 0 bridgehead atoms. The molecule has 3 atom stereocenters. The largest absolute Gasteiger partial charge is 0.303 e. The number of carbonyl (C=O) groups excluding carboxylic acids is 1. The molecular formula is C12H13BrO3S. The summed E-state index contributed by atoms with van der Waals surface area (Å²) in [4.78, 5) is 10.9. The molecule has 0 spiro atoms. The number of hydrogen-bond donors (Lipinski definition) is 0. The normalized spacial score (nSPS) is 27.8. The van der Waals surface area contributed by atoms with Crippen molar-refractivity contribution in [1.82, 2.24) is 0 Å². The highest BCUT2D eigenvalue weighted by Crippen LogP contribution is 2.51. The Hall–Kier alpha value is -0.680. The average molecular weight is 317 g/mol. The zero-order valence-corrected chi connectivity index (χ0v) is 11.7. The first-order valence-electron chi connectivity index (χ1n) is 5.43. The van der Waals surface area contributed by atoms with Gasteiger partial charge in [-0.2, -0.15) is 0 Å². The summed E-state index contributed by atoms with van der Waals surface area (Å²) in [6, 6.07) is 7.48. The second-order valence-electron chi connectivity index (χ2n) is 4.21. The Morgan fingerprint density at radius 1 is 1.29 bits per heavy atom. The first-order valence-corrected chi connectivity index (χ1v) is 7.94. The van der Waals surface area contributed by atoms with Gasteiger partial charge in [-0.25, -0.2) is 8.42 Å². The van der Waals surface area contributed by atoms with Gasteiger partial charge in [-0.15, -0.1) is 0 Å². The summed E-state index contributed by atoms with van der Waals surface area (Å²) in [5.41, 5.74) is 0.923. The van der Waals surface area contributed by atoms with E-state index in [1.807, 2.05) is 24.3 Å². The minimum atomic E-state index is -3.14. The lowest BCUT2D eigenvalue weighted by Crippen LogP contribution is -2.12. The maximum atomic E-state index is 11.8. The second kappa shape index (κ2) is 4.53. The quantitative estimate of drug-likeness (QED) is 0.800. The summed E-state index contributed by atoms with van der Waals surface area (Å²) >= 11 is 3.33. The van der Waals surface area contributed by atoms with Gasteiger partial charge in [0.25, 0.3) is 0 Å². The minimum absolute atomic E-state index is 0.0923. The van der Waals surface area contributed by atoms with Gasteiger partial charge >= 0.3 is 0 Å². The van der Waals surface area contributed by atoms with Crippen LogP contribution in [0.2, 0.25) is 0 Å². The lowest BCUT2D eigenvalue weighted by atomic mass is 10.1. The fourth-order valence-electron chi connectivity index (χ4n) is 2.22. The van der Waals surface area contributed by atoms with Crippen LogP contribution >= 0.6 is 15.9 Å².